The topological polar surface area (TPSA) is 57.4 Å². The van der Waals surface area contributed by atoms with Crippen molar-refractivity contribution in [1.82, 2.24) is 4.98 Å². The number of hydrogen-bond donors (Lipinski definition) is 1. The number of pyridine rings is 1. The lowest BCUT2D eigenvalue weighted by molar-refractivity contribution is 0.294. The highest BCUT2D eigenvalue weighted by Gasteiger charge is 2.05. The molecule has 0 saturated carbocycles. The minimum Gasteiger partial charge on any atom is -0.497 e. The van der Waals surface area contributed by atoms with E-state index in [-0.39, 0.29) is 0 Å². The van der Waals surface area contributed by atoms with Crippen molar-refractivity contribution in [2.45, 2.75) is 13.5 Å². The number of methoxy groups -OCH3 is 1. The number of aromatic nitrogens is 1. The van der Waals surface area contributed by atoms with Crippen molar-refractivity contribution in [1.29, 1.82) is 0 Å². The van der Waals surface area contributed by atoms with Gasteiger partial charge in [-0.05, 0) is 36.2 Å². The lowest BCUT2D eigenvalue weighted by Gasteiger charge is -2.09. The molecule has 0 aliphatic carbocycles. The monoisotopic (exact) mass is 244 g/mol. The van der Waals surface area contributed by atoms with Crippen LogP contribution in [-0.4, -0.2) is 12.1 Å². The fourth-order valence-electron chi connectivity index (χ4n) is 1.57. The van der Waals surface area contributed by atoms with E-state index in [0.29, 0.717) is 18.2 Å². The van der Waals surface area contributed by atoms with Crippen LogP contribution in [0.4, 0.5) is 5.69 Å². The van der Waals surface area contributed by atoms with E-state index < -0.39 is 0 Å². The van der Waals surface area contributed by atoms with Gasteiger partial charge >= 0.3 is 0 Å². The van der Waals surface area contributed by atoms with E-state index in [2.05, 4.69) is 4.98 Å². The molecule has 2 rings (SSSR count). The van der Waals surface area contributed by atoms with Gasteiger partial charge in [-0.2, -0.15) is 0 Å². The Balaban J connectivity index is 2.09. The van der Waals surface area contributed by atoms with Crippen LogP contribution in [0, 0.1) is 6.92 Å². The first-order chi connectivity index (χ1) is 8.70. The van der Waals surface area contributed by atoms with Crippen molar-refractivity contribution in [3.63, 3.8) is 0 Å². The van der Waals surface area contributed by atoms with Gasteiger partial charge in [0.2, 0.25) is 5.88 Å². The number of nitrogen functional groups attached to an aromatic ring is 1. The molecule has 0 aliphatic rings. The lowest BCUT2D eigenvalue weighted by atomic mass is 10.2. The molecule has 4 nitrogen and oxygen atoms in total. The zero-order valence-electron chi connectivity index (χ0n) is 10.5. The Kier molecular flexibility index (Phi) is 3.67. The summed E-state index contributed by atoms with van der Waals surface area (Å²) in [5.74, 6) is 1.28. The molecule has 0 unspecified atom stereocenters. The van der Waals surface area contributed by atoms with Crippen LogP contribution in [0.5, 0.6) is 11.6 Å². The molecule has 2 N–H and O–H groups in total. The third-order valence-corrected chi connectivity index (χ3v) is 2.68. The second-order valence-electron chi connectivity index (χ2n) is 3.99. The van der Waals surface area contributed by atoms with Gasteiger partial charge in [0.1, 0.15) is 12.4 Å². The maximum atomic E-state index is 5.89. The van der Waals surface area contributed by atoms with Crippen molar-refractivity contribution in [3.05, 3.63) is 47.7 Å². The highest BCUT2D eigenvalue weighted by atomic mass is 16.5. The molecule has 0 radical (unpaired) electrons. The summed E-state index contributed by atoms with van der Waals surface area (Å²) in [6.07, 6.45) is 1.69. The van der Waals surface area contributed by atoms with Gasteiger partial charge in [0, 0.05) is 6.20 Å². The second-order valence-corrected chi connectivity index (χ2v) is 3.99. The van der Waals surface area contributed by atoms with E-state index in [0.717, 1.165) is 16.9 Å². The van der Waals surface area contributed by atoms with Gasteiger partial charge in [-0.1, -0.05) is 12.1 Å². The maximum absolute atomic E-state index is 5.89. The molecule has 0 aliphatic heterocycles. The first kappa shape index (κ1) is 12.2. The van der Waals surface area contributed by atoms with Gasteiger partial charge in [0.05, 0.1) is 12.8 Å². The molecule has 94 valence electrons. The SMILES string of the molecule is COc1cccc(COc2nccc(C)c2N)c1. The van der Waals surface area contributed by atoms with Crippen LogP contribution in [0.25, 0.3) is 0 Å². The van der Waals surface area contributed by atoms with Crippen LogP contribution in [0.3, 0.4) is 0 Å². The van der Waals surface area contributed by atoms with E-state index in [4.69, 9.17) is 15.2 Å². The molecule has 0 bridgehead atoms. The van der Waals surface area contributed by atoms with E-state index in [1.54, 1.807) is 13.3 Å². The number of hydrogen-bond acceptors (Lipinski definition) is 4. The van der Waals surface area contributed by atoms with E-state index in [1.165, 1.54) is 0 Å². The van der Waals surface area contributed by atoms with Crippen molar-refractivity contribution in [2.24, 2.45) is 0 Å². The van der Waals surface area contributed by atoms with Crippen molar-refractivity contribution < 1.29 is 9.47 Å². The number of nitrogens with zero attached hydrogens (tertiary/aromatic N) is 1. The predicted molar refractivity (Wildman–Crippen MR) is 70.7 cm³/mol. The zero-order chi connectivity index (χ0) is 13.0. The molecule has 0 amide bonds. The van der Waals surface area contributed by atoms with Gasteiger partial charge < -0.3 is 15.2 Å². The molecule has 1 aromatic carbocycles. The van der Waals surface area contributed by atoms with Crippen LogP contribution in [0.1, 0.15) is 11.1 Å². The Morgan fingerprint density at radius 3 is 2.89 bits per heavy atom. The molecule has 0 fully saturated rings. The summed E-state index contributed by atoms with van der Waals surface area (Å²) < 4.78 is 10.8. The molecule has 0 atom stereocenters. The largest absolute Gasteiger partial charge is 0.497 e. The van der Waals surface area contributed by atoms with Crippen LogP contribution >= 0.6 is 0 Å². The van der Waals surface area contributed by atoms with Crippen molar-refractivity contribution >= 4 is 5.69 Å². The number of aryl methyl sites for hydroxylation is 1. The summed E-state index contributed by atoms with van der Waals surface area (Å²) in [4.78, 5) is 4.12. The molecule has 18 heavy (non-hydrogen) atoms. The molecule has 1 heterocycles. The number of benzene rings is 1. The van der Waals surface area contributed by atoms with Gasteiger partial charge in [0.15, 0.2) is 0 Å². The third-order valence-electron chi connectivity index (χ3n) is 2.68. The average Bonchev–Trinajstić information content (AvgIpc) is 2.41. The van der Waals surface area contributed by atoms with Crippen LogP contribution in [-0.2, 0) is 6.61 Å². The molecule has 4 heteroatoms. The molecule has 2 aromatic rings. The van der Waals surface area contributed by atoms with E-state index >= 15 is 0 Å². The number of rotatable bonds is 4. The maximum Gasteiger partial charge on any atom is 0.237 e. The van der Waals surface area contributed by atoms with E-state index in [1.807, 2.05) is 37.3 Å². The molecule has 1 aromatic heterocycles. The minimum absolute atomic E-state index is 0.415. The quantitative estimate of drug-likeness (QED) is 0.898. The second kappa shape index (κ2) is 5.40. The Hall–Kier alpha value is -2.23. The minimum atomic E-state index is 0.415. The van der Waals surface area contributed by atoms with E-state index in [9.17, 15) is 0 Å². The van der Waals surface area contributed by atoms with Crippen molar-refractivity contribution in [3.8, 4) is 11.6 Å². The average molecular weight is 244 g/mol. The molecule has 0 spiro atoms. The Bertz CT molecular complexity index is 541. The Morgan fingerprint density at radius 2 is 2.11 bits per heavy atom. The van der Waals surface area contributed by atoms with Gasteiger partial charge in [-0.25, -0.2) is 4.98 Å². The van der Waals surface area contributed by atoms with Crippen molar-refractivity contribution in [2.75, 3.05) is 12.8 Å². The summed E-state index contributed by atoms with van der Waals surface area (Å²) in [5, 5.41) is 0. The number of nitrogens with two attached hydrogens (primary N) is 1. The fraction of sp³-hybridized carbons (Fsp3) is 0.214. The van der Waals surface area contributed by atoms with Gasteiger partial charge in [0.25, 0.3) is 0 Å². The van der Waals surface area contributed by atoms with Crippen LogP contribution in [0.15, 0.2) is 36.5 Å². The molecular weight excluding hydrogens is 228 g/mol. The molecule has 0 saturated heterocycles. The van der Waals surface area contributed by atoms with Gasteiger partial charge in [-0.15, -0.1) is 0 Å². The Morgan fingerprint density at radius 1 is 1.28 bits per heavy atom. The standard InChI is InChI=1S/C14H16N2O2/c1-10-6-7-16-14(13(10)15)18-9-11-4-3-5-12(8-11)17-2/h3-8H,9,15H2,1-2H3. The first-order valence-corrected chi connectivity index (χ1v) is 5.67. The summed E-state index contributed by atoms with van der Waals surface area (Å²) in [6, 6.07) is 9.56. The van der Waals surface area contributed by atoms with Crippen LogP contribution in [0.2, 0.25) is 0 Å². The smallest absolute Gasteiger partial charge is 0.237 e. The number of ether oxygens (including phenoxy) is 2. The normalized spacial score (nSPS) is 10.1. The van der Waals surface area contributed by atoms with Gasteiger partial charge in [-0.3, -0.25) is 0 Å². The lowest BCUT2D eigenvalue weighted by Crippen LogP contribution is -2.02. The summed E-state index contributed by atoms with van der Waals surface area (Å²) in [7, 11) is 1.64. The molecular formula is C14H16N2O2. The summed E-state index contributed by atoms with van der Waals surface area (Å²) >= 11 is 0. The highest BCUT2D eigenvalue weighted by molar-refractivity contribution is 5.53. The zero-order valence-corrected chi connectivity index (χ0v) is 10.5. The predicted octanol–water partition coefficient (Wildman–Crippen LogP) is 2.56. The number of anilines is 1. The van der Waals surface area contributed by atoms with Crippen LogP contribution < -0.4 is 15.2 Å². The summed E-state index contributed by atoms with van der Waals surface area (Å²) in [6.45, 7) is 2.34. The summed E-state index contributed by atoms with van der Waals surface area (Å²) in [5.41, 5.74) is 8.45. The highest BCUT2D eigenvalue weighted by Crippen LogP contribution is 2.22. The Labute approximate surface area is 106 Å². The first-order valence-electron chi connectivity index (χ1n) is 5.67. The fourth-order valence-corrected chi connectivity index (χ4v) is 1.57. The third kappa shape index (κ3) is 2.71.